The van der Waals surface area contributed by atoms with Gasteiger partial charge in [0.05, 0.1) is 13.2 Å². The molecule has 0 atom stereocenters. The van der Waals surface area contributed by atoms with E-state index in [0.29, 0.717) is 31.4 Å². The Balaban J connectivity index is 0.000000821. The number of likely N-dealkylation sites (tertiary alicyclic amines) is 1. The number of carbonyl (C=O) groups excluding carboxylic acids is 1. The van der Waals surface area contributed by atoms with Crippen LogP contribution in [0.1, 0.15) is 37.8 Å². The molecule has 8 nitrogen and oxygen atoms in total. The lowest BCUT2D eigenvalue weighted by molar-refractivity contribution is -0.275. The Morgan fingerprint density at radius 2 is 1.63 bits per heavy atom. The van der Waals surface area contributed by atoms with Gasteiger partial charge in [-0.2, -0.15) is 13.2 Å². The largest absolute Gasteiger partial charge is 0.573 e. The van der Waals surface area contributed by atoms with Crippen LogP contribution in [0.5, 0.6) is 11.5 Å². The monoisotopic (exact) mass is 625 g/mol. The molecule has 1 aliphatic rings. The highest BCUT2D eigenvalue weighted by Crippen LogP contribution is 2.30. The number of carboxylic acids is 1. The minimum Gasteiger partial charge on any atom is -0.493 e. The van der Waals surface area contributed by atoms with E-state index in [0.717, 1.165) is 30.5 Å². The van der Waals surface area contributed by atoms with Gasteiger partial charge in [-0.3, -0.25) is 0 Å². The van der Waals surface area contributed by atoms with Crippen LogP contribution in [-0.2, 0) is 17.9 Å². The van der Waals surface area contributed by atoms with Crippen LogP contribution in [0.25, 0.3) is 0 Å². The summed E-state index contributed by atoms with van der Waals surface area (Å²) in [5.74, 6) is -3.12. The fraction of sp³-hybridized carbons (Fsp3) is 0.500. The fourth-order valence-corrected chi connectivity index (χ4v) is 3.98. The summed E-state index contributed by atoms with van der Waals surface area (Å²) in [4.78, 5) is 25.8. The van der Waals surface area contributed by atoms with Gasteiger partial charge < -0.3 is 29.7 Å². The summed E-state index contributed by atoms with van der Waals surface area (Å²) in [6.07, 6.45) is -8.72. The van der Waals surface area contributed by atoms with Gasteiger partial charge in [0.15, 0.2) is 0 Å². The van der Waals surface area contributed by atoms with E-state index in [4.69, 9.17) is 14.6 Å². The first-order valence-electron chi connectivity index (χ1n) is 13.2. The third-order valence-electron chi connectivity index (χ3n) is 6.18. The van der Waals surface area contributed by atoms with Crippen LogP contribution in [-0.4, -0.2) is 72.2 Å². The van der Waals surface area contributed by atoms with Crippen molar-refractivity contribution in [1.82, 2.24) is 15.1 Å². The number of urea groups is 1. The summed E-state index contributed by atoms with van der Waals surface area (Å²) in [7, 11) is 1.98. The molecule has 2 amide bonds. The number of hydrogen-bond donors (Lipinski definition) is 2. The van der Waals surface area contributed by atoms with Crippen LogP contribution in [0.2, 0.25) is 0 Å². The van der Waals surface area contributed by atoms with Crippen LogP contribution >= 0.6 is 0 Å². The van der Waals surface area contributed by atoms with E-state index >= 15 is 0 Å². The van der Waals surface area contributed by atoms with Crippen molar-refractivity contribution in [3.05, 3.63) is 59.4 Å². The molecule has 3 rings (SSSR count). The van der Waals surface area contributed by atoms with Crippen LogP contribution in [0, 0.1) is 11.7 Å². The number of aliphatic carboxylic acids is 1. The number of nitrogens with one attached hydrogen (secondary N) is 1. The summed E-state index contributed by atoms with van der Waals surface area (Å²) in [6, 6.07) is 9.75. The van der Waals surface area contributed by atoms with Gasteiger partial charge in [-0.05, 0) is 62.7 Å². The Morgan fingerprint density at radius 1 is 1.05 bits per heavy atom. The number of alkyl halides is 6. The number of carbonyl (C=O) groups is 2. The molecule has 0 radical (unpaired) electrons. The molecule has 0 aliphatic carbocycles. The summed E-state index contributed by atoms with van der Waals surface area (Å²) >= 11 is 0. The van der Waals surface area contributed by atoms with Crippen molar-refractivity contribution >= 4 is 12.0 Å². The number of benzene rings is 2. The van der Waals surface area contributed by atoms with Crippen molar-refractivity contribution < 1.29 is 54.9 Å². The Bertz CT molecular complexity index is 1180. The fourth-order valence-electron chi connectivity index (χ4n) is 3.98. The number of halogens is 7. The van der Waals surface area contributed by atoms with Gasteiger partial charge in [0.25, 0.3) is 0 Å². The molecule has 240 valence electrons. The number of hydrogen-bond acceptors (Lipinski definition) is 5. The average molecular weight is 626 g/mol. The van der Waals surface area contributed by atoms with Crippen LogP contribution in [0.3, 0.4) is 0 Å². The number of carboxylic acid groups (broad SMARTS) is 1. The molecule has 1 heterocycles. The van der Waals surface area contributed by atoms with Crippen LogP contribution in [0.15, 0.2) is 42.5 Å². The van der Waals surface area contributed by atoms with Gasteiger partial charge in [0, 0.05) is 24.2 Å². The lowest BCUT2D eigenvalue weighted by atomic mass is 10.0. The Labute approximate surface area is 244 Å². The predicted octanol–water partition coefficient (Wildman–Crippen LogP) is 6.20. The standard InChI is InChI=1S/C26H33F4N3O3.C2HF3O2/c1-18(2)17-35-23-8-4-19(5-9-23)15-31-25(34)33(22-10-12-32(3)13-11-22)16-20-6-7-21(27)14-24(20)36-26(28,29)30;3-2(4,5)1(6)7/h4-9,14,18,22H,10-13,15-17H2,1-3H3,(H,31,34);(H,6,7). The highest BCUT2D eigenvalue weighted by Gasteiger charge is 2.38. The van der Waals surface area contributed by atoms with Crippen molar-refractivity contribution in [3.8, 4) is 11.5 Å². The number of nitrogens with zero attached hydrogens (tertiary/aromatic N) is 2. The maximum Gasteiger partial charge on any atom is 0.573 e. The van der Waals surface area contributed by atoms with Crippen molar-refractivity contribution in [2.45, 2.75) is 58.4 Å². The Morgan fingerprint density at radius 3 is 2.14 bits per heavy atom. The van der Waals surface area contributed by atoms with Crippen molar-refractivity contribution in [3.63, 3.8) is 0 Å². The molecule has 1 fully saturated rings. The third kappa shape index (κ3) is 13.0. The predicted molar refractivity (Wildman–Crippen MR) is 142 cm³/mol. The minimum absolute atomic E-state index is 0.0782. The Hall–Kier alpha value is -3.75. The van der Waals surface area contributed by atoms with Gasteiger partial charge in [-0.1, -0.05) is 32.0 Å². The second-order valence-electron chi connectivity index (χ2n) is 10.3. The maximum absolute atomic E-state index is 13.7. The zero-order chi connectivity index (χ0) is 32.4. The van der Waals surface area contributed by atoms with E-state index in [1.165, 1.54) is 11.0 Å². The smallest absolute Gasteiger partial charge is 0.493 e. The molecule has 2 N–H and O–H groups in total. The van der Waals surface area contributed by atoms with E-state index in [1.807, 2.05) is 31.3 Å². The SMILES string of the molecule is CC(C)COc1ccc(CNC(=O)N(Cc2ccc(F)cc2OC(F)(F)F)C2CCN(C)CC2)cc1.O=C(O)C(F)(F)F. The van der Waals surface area contributed by atoms with Gasteiger partial charge in [0.1, 0.15) is 17.3 Å². The molecule has 0 unspecified atom stereocenters. The van der Waals surface area contributed by atoms with E-state index < -0.39 is 36.1 Å². The topological polar surface area (TPSA) is 91.3 Å². The van der Waals surface area contributed by atoms with Crippen LogP contribution in [0.4, 0.5) is 35.5 Å². The first-order valence-corrected chi connectivity index (χ1v) is 13.2. The number of rotatable bonds is 9. The average Bonchev–Trinajstić information content (AvgIpc) is 2.90. The second kappa shape index (κ2) is 15.6. The molecule has 0 bridgehead atoms. The molecule has 1 saturated heterocycles. The van der Waals surface area contributed by atoms with Crippen LogP contribution < -0.4 is 14.8 Å². The Kier molecular flexibility index (Phi) is 12.9. The van der Waals surface area contributed by atoms with Crippen molar-refractivity contribution in [2.24, 2.45) is 5.92 Å². The van der Waals surface area contributed by atoms with Crippen molar-refractivity contribution in [1.29, 1.82) is 0 Å². The third-order valence-corrected chi connectivity index (χ3v) is 6.18. The lowest BCUT2D eigenvalue weighted by Gasteiger charge is -2.37. The molecule has 15 heteroatoms. The molecular weight excluding hydrogens is 591 g/mol. The maximum atomic E-state index is 13.7. The molecule has 43 heavy (non-hydrogen) atoms. The van der Waals surface area contributed by atoms with E-state index in [9.17, 15) is 35.5 Å². The lowest BCUT2D eigenvalue weighted by Crippen LogP contribution is -2.49. The summed E-state index contributed by atoms with van der Waals surface area (Å²) in [6.45, 7) is 6.32. The second-order valence-corrected chi connectivity index (χ2v) is 10.3. The van der Waals surface area contributed by atoms with Gasteiger partial charge >= 0.3 is 24.5 Å². The molecule has 1 aliphatic heterocycles. The summed E-state index contributed by atoms with van der Waals surface area (Å²) < 4.78 is 93.9. The van der Waals surface area contributed by atoms with Gasteiger partial charge in [-0.15, -0.1) is 13.2 Å². The number of piperidine rings is 1. The quantitative estimate of drug-likeness (QED) is 0.323. The zero-order valence-corrected chi connectivity index (χ0v) is 23.8. The van der Waals surface area contributed by atoms with Crippen molar-refractivity contribution in [2.75, 3.05) is 26.7 Å². The summed E-state index contributed by atoms with van der Waals surface area (Å²) in [5.41, 5.74) is 0.931. The van der Waals surface area contributed by atoms with Gasteiger partial charge in [0.2, 0.25) is 0 Å². The molecular formula is C28H34F7N3O5. The number of amides is 2. The minimum atomic E-state index is -5.08. The van der Waals surface area contributed by atoms with E-state index in [2.05, 4.69) is 28.8 Å². The normalized spacial score (nSPS) is 14.5. The van der Waals surface area contributed by atoms with E-state index in [-0.39, 0.29) is 24.7 Å². The molecule has 0 aromatic heterocycles. The molecule has 2 aromatic carbocycles. The first kappa shape index (κ1) is 35.4. The molecule has 0 saturated carbocycles. The highest BCUT2D eigenvalue weighted by molar-refractivity contribution is 5.75. The molecule has 0 spiro atoms. The zero-order valence-electron chi connectivity index (χ0n) is 23.8. The van der Waals surface area contributed by atoms with Gasteiger partial charge in [-0.25, -0.2) is 14.0 Å². The van der Waals surface area contributed by atoms with E-state index in [1.54, 1.807) is 0 Å². The first-order chi connectivity index (χ1) is 19.9. The summed E-state index contributed by atoms with van der Waals surface area (Å²) in [5, 5.41) is 10.00. The number of ether oxygens (including phenoxy) is 2. The highest BCUT2D eigenvalue weighted by atomic mass is 19.4. The molecule has 2 aromatic rings.